The summed E-state index contributed by atoms with van der Waals surface area (Å²) in [6.07, 6.45) is 0.638. The van der Waals surface area contributed by atoms with Crippen LogP contribution in [0.15, 0.2) is 40.9 Å². The van der Waals surface area contributed by atoms with E-state index in [2.05, 4.69) is 15.9 Å². The van der Waals surface area contributed by atoms with Gasteiger partial charge in [-0.2, -0.15) is 0 Å². The van der Waals surface area contributed by atoms with Crippen molar-refractivity contribution in [1.29, 1.82) is 0 Å². The third kappa shape index (κ3) is 4.43. The van der Waals surface area contributed by atoms with Crippen LogP contribution in [0.5, 0.6) is 5.75 Å². The summed E-state index contributed by atoms with van der Waals surface area (Å²) in [6.45, 7) is 2.25. The highest BCUT2D eigenvalue weighted by Gasteiger charge is 2.11. The first-order chi connectivity index (χ1) is 9.97. The van der Waals surface area contributed by atoms with Crippen molar-refractivity contribution in [2.75, 3.05) is 0 Å². The summed E-state index contributed by atoms with van der Waals surface area (Å²) in [5.41, 5.74) is 7.61. The molecule has 2 N–H and O–H groups in total. The Labute approximate surface area is 137 Å². The Morgan fingerprint density at radius 2 is 2.10 bits per heavy atom. The first-order valence-corrected chi connectivity index (χ1v) is 7.74. The van der Waals surface area contributed by atoms with Crippen LogP contribution in [-0.4, -0.2) is 6.04 Å². The van der Waals surface area contributed by atoms with Crippen molar-refractivity contribution in [3.63, 3.8) is 0 Å². The molecular formula is C16H16BrClFNO. The quantitative estimate of drug-likeness (QED) is 0.825. The van der Waals surface area contributed by atoms with Crippen LogP contribution in [0.3, 0.4) is 0 Å². The Balaban J connectivity index is 2.18. The van der Waals surface area contributed by atoms with Crippen LogP contribution in [0.2, 0.25) is 5.02 Å². The molecule has 0 saturated heterocycles. The van der Waals surface area contributed by atoms with Crippen LogP contribution in [0.1, 0.15) is 18.1 Å². The van der Waals surface area contributed by atoms with Crippen molar-refractivity contribution >= 4 is 27.5 Å². The number of benzene rings is 2. The SMILES string of the molecule is CC(N)Cc1c(Cl)cccc1OCc1ccc(F)cc1Br. The summed E-state index contributed by atoms with van der Waals surface area (Å²) in [7, 11) is 0. The summed E-state index contributed by atoms with van der Waals surface area (Å²) < 4.78 is 19.6. The highest BCUT2D eigenvalue weighted by molar-refractivity contribution is 9.10. The number of hydrogen-bond donors (Lipinski definition) is 1. The fourth-order valence-corrected chi connectivity index (χ4v) is 2.70. The van der Waals surface area contributed by atoms with E-state index in [1.807, 2.05) is 25.1 Å². The summed E-state index contributed by atoms with van der Waals surface area (Å²) in [5, 5.41) is 0.642. The van der Waals surface area contributed by atoms with Crippen LogP contribution < -0.4 is 10.5 Å². The number of ether oxygens (including phenoxy) is 1. The normalized spacial score (nSPS) is 12.2. The molecule has 5 heteroatoms. The molecule has 2 aromatic rings. The Bertz CT molecular complexity index is 634. The van der Waals surface area contributed by atoms with Crippen molar-refractivity contribution < 1.29 is 9.13 Å². The van der Waals surface area contributed by atoms with E-state index >= 15 is 0 Å². The predicted octanol–water partition coefficient (Wildman–Crippen LogP) is 4.71. The average Bonchev–Trinajstić information content (AvgIpc) is 2.40. The van der Waals surface area contributed by atoms with E-state index in [0.717, 1.165) is 11.1 Å². The lowest BCUT2D eigenvalue weighted by Gasteiger charge is -2.15. The smallest absolute Gasteiger partial charge is 0.124 e. The molecule has 0 bridgehead atoms. The van der Waals surface area contributed by atoms with Gasteiger partial charge in [-0.1, -0.05) is 39.7 Å². The molecule has 21 heavy (non-hydrogen) atoms. The zero-order valence-electron chi connectivity index (χ0n) is 11.6. The minimum Gasteiger partial charge on any atom is -0.489 e. The predicted molar refractivity (Wildman–Crippen MR) is 87.2 cm³/mol. The van der Waals surface area contributed by atoms with E-state index in [4.69, 9.17) is 22.1 Å². The Kier molecular flexibility index (Phi) is 5.62. The van der Waals surface area contributed by atoms with Gasteiger partial charge in [0.15, 0.2) is 0 Å². The highest BCUT2D eigenvalue weighted by Crippen LogP contribution is 2.29. The van der Waals surface area contributed by atoms with Crippen LogP contribution >= 0.6 is 27.5 Å². The molecule has 1 unspecified atom stereocenters. The van der Waals surface area contributed by atoms with Crippen molar-refractivity contribution in [2.45, 2.75) is 26.0 Å². The molecule has 2 rings (SSSR count). The topological polar surface area (TPSA) is 35.2 Å². The van der Waals surface area contributed by atoms with E-state index in [-0.39, 0.29) is 11.9 Å². The van der Waals surface area contributed by atoms with Crippen molar-refractivity contribution in [3.8, 4) is 5.75 Å². The largest absolute Gasteiger partial charge is 0.489 e. The van der Waals surface area contributed by atoms with Gasteiger partial charge < -0.3 is 10.5 Å². The Morgan fingerprint density at radius 1 is 1.33 bits per heavy atom. The Morgan fingerprint density at radius 3 is 2.76 bits per heavy atom. The molecule has 0 radical (unpaired) electrons. The van der Waals surface area contributed by atoms with Crippen LogP contribution in [-0.2, 0) is 13.0 Å². The van der Waals surface area contributed by atoms with Gasteiger partial charge in [0.1, 0.15) is 18.2 Å². The fraction of sp³-hybridized carbons (Fsp3) is 0.250. The maximum atomic E-state index is 13.1. The van der Waals surface area contributed by atoms with Crippen molar-refractivity contribution in [2.24, 2.45) is 5.73 Å². The fourth-order valence-electron chi connectivity index (χ4n) is 1.99. The van der Waals surface area contributed by atoms with Crippen molar-refractivity contribution in [3.05, 3.63) is 62.8 Å². The van der Waals surface area contributed by atoms with Gasteiger partial charge in [-0.3, -0.25) is 0 Å². The molecule has 1 atom stereocenters. The second kappa shape index (κ2) is 7.25. The second-order valence-electron chi connectivity index (χ2n) is 4.92. The van der Waals surface area contributed by atoms with Gasteiger partial charge in [0.2, 0.25) is 0 Å². The van der Waals surface area contributed by atoms with Crippen LogP contribution in [0.25, 0.3) is 0 Å². The van der Waals surface area contributed by atoms with Gasteiger partial charge in [0.25, 0.3) is 0 Å². The number of halogens is 3. The van der Waals surface area contributed by atoms with E-state index in [0.29, 0.717) is 28.3 Å². The molecule has 0 aliphatic rings. The lowest BCUT2D eigenvalue weighted by molar-refractivity contribution is 0.301. The third-order valence-electron chi connectivity index (χ3n) is 3.00. The first-order valence-electron chi connectivity index (χ1n) is 6.57. The molecule has 0 aromatic heterocycles. The minimum atomic E-state index is -0.286. The third-order valence-corrected chi connectivity index (χ3v) is 4.09. The van der Waals surface area contributed by atoms with Crippen LogP contribution in [0, 0.1) is 5.82 Å². The lowest BCUT2D eigenvalue weighted by atomic mass is 10.1. The molecule has 0 saturated carbocycles. The van der Waals surface area contributed by atoms with Gasteiger partial charge in [0, 0.05) is 26.7 Å². The van der Waals surface area contributed by atoms with Gasteiger partial charge in [-0.05, 0) is 37.6 Å². The standard InChI is InChI=1S/C16H16BrClFNO/c1-10(20)7-13-15(18)3-2-4-16(13)21-9-11-5-6-12(19)8-14(11)17/h2-6,8,10H,7,9,20H2,1H3. The summed E-state index contributed by atoms with van der Waals surface area (Å²) >= 11 is 9.54. The molecule has 0 aliphatic carbocycles. The van der Waals surface area contributed by atoms with E-state index in [9.17, 15) is 4.39 Å². The van der Waals surface area contributed by atoms with E-state index < -0.39 is 0 Å². The second-order valence-corrected chi connectivity index (χ2v) is 6.18. The first kappa shape index (κ1) is 16.3. The van der Waals surface area contributed by atoms with E-state index in [1.54, 1.807) is 6.07 Å². The molecule has 2 nitrogen and oxygen atoms in total. The molecule has 0 spiro atoms. The molecular weight excluding hydrogens is 357 g/mol. The van der Waals surface area contributed by atoms with Gasteiger partial charge in [0.05, 0.1) is 0 Å². The van der Waals surface area contributed by atoms with Gasteiger partial charge in [-0.25, -0.2) is 4.39 Å². The van der Waals surface area contributed by atoms with Crippen molar-refractivity contribution in [1.82, 2.24) is 0 Å². The molecule has 2 aromatic carbocycles. The molecule has 0 aliphatic heterocycles. The summed E-state index contributed by atoms with van der Waals surface area (Å²) in [5.74, 6) is 0.419. The highest BCUT2D eigenvalue weighted by atomic mass is 79.9. The summed E-state index contributed by atoms with van der Waals surface area (Å²) in [6, 6.07) is 10.0. The molecule has 112 valence electrons. The minimum absolute atomic E-state index is 0.00944. The maximum absolute atomic E-state index is 13.1. The summed E-state index contributed by atoms with van der Waals surface area (Å²) in [4.78, 5) is 0. The Hall–Kier alpha value is -1.10. The average molecular weight is 373 g/mol. The number of rotatable bonds is 5. The zero-order valence-corrected chi connectivity index (χ0v) is 13.9. The van der Waals surface area contributed by atoms with E-state index in [1.165, 1.54) is 12.1 Å². The number of nitrogens with two attached hydrogens (primary N) is 1. The monoisotopic (exact) mass is 371 g/mol. The molecule has 0 heterocycles. The number of hydrogen-bond acceptors (Lipinski definition) is 2. The molecule has 0 amide bonds. The van der Waals surface area contributed by atoms with Crippen LogP contribution in [0.4, 0.5) is 4.39 Å². The zero-order chi connectivity index (χ0) is 15.4. The van der Waals surface area contributed by atoms with Gasteiger partial charge in [-0.15, -0.1) is 0 Å². The van der Waals surface area contributed by atoms with Gasteiger partial charge >= 0.3 is 0 Å². The molecule has 0 fully saturated rings. The lowest BCUT2D eigenvalue weighted by Crippen LogP contribution is -2.18. The maximum Gasteiger partial charge on any atom is 0.124 e.